The van der Waals surface area contributed by atoms with Crippen LogP contribution in [0.4, 0.5) is 0 Å². The Kier molecular flexibility index (Phi) is 6.72. The van der Waals surface area contributed by atoms with Crippen LogP contribution < -0.4 is 0 Å². The molecule has 33 heavy (non-hydrogen) atoms. The van der Waals surface area contributed by atoms with Gasteiger partial charge in [0.2, 0.25) is 0 Å². The number of benzene rings is 5. The Hall–Kier alpha value is -4.50. The fraction of sp³-hybridized carbons (Fsp3) is 0. The van der Waals surface area contributed by atoms with Crippen molar-refractivity contribution in [2.75, 3.05) is 0 Å². The summed E-state index contributed by atoms with van der Waals surface area (Å²) in [6.45, 7) is 0. The van der Waals surface area contributed by atoms with Crippen molar-refractivity contribution in [1.29, 1.82) is 0 Å². The summed E-state index contributed by atoms with van der Waals surface area (Å²) < 4.78 is 0. The molecule has 0 unspecified atom stereocenters. The van der Waals surface area contributed by atoms with Gasteiger partial charge in [0, 0.05) is 0 Å². The van der Waals surface area contributed by atoms with E-state index < -0.39 is 0 Å². The molecule has 0 spiro atoms. The largest absolute Gasteiger partial charge is 0.508 e. The molecule has 0 aliphatic rings. The highest BCUT2D eigenvalue weighted by atomic mass is 16.3. The van der Waals surface area contributed by atoms with Crippen LogP contribution in [0.5, 0.6) is 17.2 Å². The van der Waals surface area contributed by atoms with E-state index in [-0.39, 0.29) is 17.2 Å². The van der Waals surface area contributed by atoms with Gasteiger partial charge in [-0.3, -0.25) is 0 Å². The molecule has 0 heterocycles. The van der Waals surface area contributed by atoms with Crippen LogP contribution in [0.15, 0.2) is 127 Å². The lowest BCUT2D eigenvalue weighted by Crippen LogP contribution is -1.86. The van der Waals surface area contributed by atoms with Gasteiger partial charge < -0.3 is 15.3 Å². The summed E-state index contributed by atoms with van der Waals surface area (Å²) >= 11 is 0. The number of phenolic OH excluding ortho intramolecular Hbond substituents is 3. The van der Waals surface area contributed by atoms with Crippen molar-refractivity contribution >= 4 is 0 Å². The third-order valence-corrected chi connectivity index (χ3v) is 5.20. The summed E-state index contributed by atoms with van der Waals surface area (Å²) in [5.74, 6) is 0.687. The second-order valence-electron chi connectivity index (χ2n) is 7.59. The van der Waals surface area contributed by atoms with Crippen LogP contribution in [0.1, 0.15) is 0 Å². The molecule has 0 saturated heterocycles. The van der Waals surface area contributed by atoms with Crippen molar-refractivity contribution in [2.45, 2.75) is 0 Å². The molecule has 0 saturated carbocycles. The molecule has 0 atom stereocenters. The maximum absolute atomic E-state index is 9.57. The normalized spacial score (nSPS) is 10.2. The van der Waals surface area contributed by atoms with E-state index in [1.54, 1.807) is 36.4 Å². The zero-order chi connectivity index (χ0) is 23.0. The lowest BCUT2D eigenvalue weighted by molar-refractivity contribution is 0.475. The molecule has 5 aromatic rings. The van der Waals surface area contributed by atoms with Gasteiger partial charge in [0.15, 0.2) is 0 Å². The third-order valence-electron chi connectivity index (χ3n) is 5.20. The molecule has 5 rings (SSSR count). The number of rotatable bonds is 3. The number of aromatic hydroxyl groups is 3. The number of phenols is 3. The van der Waals surface area contributed by atoms with Gasteiger partial charge in [-0.15, -0.1) is 0 Å². The van der Waals surface area contributed by atoms with Crippen LogP contribution in [0.25, 0.3) is 33.4 Å². The molecule has 3 nitrogen and oxygen atoms in total. The van der Waals surface area contributed by atoms with Gasteiger partial charge in [0.1, 0.15) is 17.2 Å². The number of hydrogen-bond donors (Lipinski definition) is 3. The first-order chi connectivity index (χ1) is 16.1. The first kappa shape index (κ1) is 21.7. The maximum Gasteiger partial charge on any atom is 0.115 e. The van der Waals surface area contributed by atoms with E-state index in [0.29, 0.717) is 0 Å². The highest BCUT2D eigenvalue weighted by Gasteiger charge is 2.08. The van der Waals surface area contributed by atoms with E-state index in [1.165, 1.54) is 0 Å². The van der Waals surface area contributed by atoms with Crippen LogP contribution in [0.2, 0.25) is 0 Å². The minimum atomic E-state index is 0.229. The van der Waals surface area contributed by atoms with Gasteiger partial charge in [-0.25, -0.2) is 0 Å². The van der Waals surface area contributed by atoms with Crippen LogP contribution in [0, 0.1) is 0 Å². The molecule has 162 valence electrons. The summed E-state index contributed by atoms with van der Waals surface area (Å²) in [6, 6.07) is 39.6. The third kappa shape index (κ3) is 5.81. The van der Waals surface area contributed by atoms with Crippen molar-refractivity contribution in [3.63, 3.8) is 0 Å². The molecule has 3 N–H and O–H groups in total. The van der Waals surface area contributed by atoms with Crippen LogP contribution >= 0.6 is 0 Å². The average Bonchev–Trinajstić information content (AvgIpc) is 2.86. The van der Waals surface area contributed by atoms with Crippen molar-refractivity contribution in [3.05, 3.63) is 127 Å². The molecular weight excluding hydrogens is 408 g/mol. The fourth-order valence-corrected chi connectivity index (χ4v) is 3.47. The quantitative estimate of drug-likeness (QED) is 0.277. The van der Waals surface area contributed by atoms with E-state index >= 15 is 0 Å². The topological polar surface area (TPSA) is 60.7 Å². The van der Waals surface area contributed by atoms with Gasteiger partial charge in [-0.1, -0.05) is 72.8 Å². The van der Waals surface area contributed by atoms with E-state index in [9.17, 15) is 15.3 Å². The van der Waals surface area contributed by atoms with Crippen LogP contribution in [0.3, 0.4) is 0 Å². The summed E-state index contributed by atoms with van der Waals surface area (Å²) in [7, 11) is 0. The lowest BCUT2D eigenvalue weighted by Gasteiger charge is -2.12. The highest BCUT2D eigenvalue weighted by Crippen LogP contribution is 2.34. The van der Waals surface area contributed by atoms with Gasteiger partial charge in [0.25, 0.3) is 0 Å². The predicted octanol–water partition coefficient (Wildman–Crippen LogP) is 7.49. The lowest BCUT2D eigenvalue weighted by atomic mass is 9.93. The molecule has 3 heteroatoms. The molecule has 0 aliphatic carbocycles. The smallest absolute Gasteiger partial charge is 0.115 e. The Balaban J connectivity index is 0.000000376. The van der Waals surface area contributed by atoms with Crippen molar-refractivity contribution in [2.24, 2.45) is 0 Å². The molecule has 0 aliphatic heterocycles. The summed E-state index contributed by atoms with van der Waals surface area (Å²) in [4.78, 5) is 0. The van der Waals surface area contributed by atoms with E-state index in [1.807, 2.05) is 72.8 Å². The Labute approximate surface area is 193 Å². The predicted molar refractivity (Wildman–Crippen MR) is 134 cm³/mol. The summed E-state index contributed by atoms with van der Waals surface area (Å²) in [6.07, 6.45) is 0. The molecule has 5 aromatic carbocycles. The highest BCUT2D eigenvalue weighted by molar-refractivity contribution is 5.81. The second kappa shape index (κ2) is 10.2. The van der Waals surface area contributed by atoms with Crippen LogP contribution in [-0.4, -0.2) is 15.3 Å². The maximum atomic E-state index is 9.57. The fourth-order valence-electron chi connectivity index (χ4n) is 3.47. The van der Waals surface area contributed by atoms with Gasteiger partial charge in [0.05, 0.1) is 0 Å². The van der Waals surface area contributed by atoms with Crippen molar-refractivity contribution in [3.8, 4) is 50.6 Å². The molecule has 0 fully saturated rings. The van der Waals surface area contributed by atoms with Gasteiger partial charge >= 0.3 is 0 Å². The SMILES string of the molecule is Oc1ccc(-c2cc(-c3ccc(O)cc3)cc(-c3ccc(O)cc3)c2)cc1.c1ccccc1. The van der Waals surface area contributed by atoms with E-state index in [0.717, 1.165) is 33.4 Å². The Morgan fingerprint density at radius 1 is 0.273 bits per heavy atom. The Morgan fingerprint density at radius 3 is 0.697 bits per heavy atom. The Morgan fingerprint density at radius 2 is 0.485 bits per heavy atom. The van der Waals surface area contributed by atoms with Gasteiger partial charge in [-0.05, 0) is 88.0 Å². The standard InChI is InChI=1S/C24H18O3.C6H6/c25-22-7-1-16(2-8-22)19-13-20(17-3-9-23(26)10-4-17)15-21(14-19)18-5-11-24(27)12-6-18;1-2-4-6-5-3-1/h1-15,25-27H;1-6H. The van der Waals surface area contributed by atoms with E-state index in [2.05, 4.69) is 18.2 Å². The summed E-state index contributed by atoms with van der Waals surface area (Å²) in [5.41, 5.74) is 6.03. The summed E-state index contributed by atoms with van der Waals surface area (Å²) in [5, 5.41) is 28.7. The minimum Gasteiger partial charge on any atom is -0.508 e. The first-order valence-corrected chi connectivity index (χ1v) is 10.6. The second-order valence-corrected chi connectivity index (χ2v) is 7.59. The van der Waals surface area contributed by atoms with Crippen LogP contribution in [-0.2, 0) is 0 Å². The molecule has 0 amide bonds. The van der Waals surface area contributed by atoms with Crippen molar-refractivity contribution < 1.29 is 15.3 Å². The molecule has 0 radical (unpaired) electrons. The zero-order valence-corrected chi connectivity index (χ0v) is 18.0. The number of hydrogen-bond acceptors (Lipinski definition) is 3. The molecule has 0 bridgehead atoms. The van der Waals surface area contributed by atoms with Crippen molar-refractivity contribution in [1.82, 2.24) is 0 Å². The minimum absolute atomic E-state index is 0.229. The van der Waals surface area contributed by atoms with E-state index in [4.69, 9.17) is 0 Å². The zero-order valence-electron chi connectivity index (χ0n) is 18.0. The molecular formula is C30H24O3. The monoisotopic (exact) mass is 432 g/mol. The molecule has 0 aromatic heterocycles. The average molecular weight is 433 g/mol. The Bertz CT molecular complexity index is 1110. The first-order valence-electron chi connectivity index (χ1n) is 10.6. The van der Waals surface area contributed by atoms with Gasteiger partial charge in [-0.2, -0.15) is 0 Å².